The van der Waals surface area contributed by atoms with Gasteiger partial charge in [0, 0.05) is 22.1 Å². The van der Waals surface area contributed by atoms with Gasteiger partial charge in [-0.05, 0) is 29.6 Å². The van der Waals surface area contributed by atoms with Gasteiger partial charge in [0.1, 0.15) is 0 Å². The van der Waals surface area contributed by atoms with E-state index in [0.717, 1.165) is 28.8 Å². The molecule has 0 bridgehead atoms. The van der Waals surface area contributed by atoms with E-state index in [1.807, 2.05) is 11.4 Å². The topological polar surface area (TPSA) is 49.8 Å². The Hall–Kier alpha value is -2.73. The molecule has 0 aliphatic carbocycles. The molecular formula is C21H23NO4S. The Kier molecular flexibility index (Phi) is 5.86. The maximum absolute atomic E-state index is 5.68. The predicted molar refractivity (Wildman–Crippen MR) is 109 cm³/mol. The van der Waals surface area contributed by atoms with Crippen LogP contribution >= 0.6 is 11.5 Å². The molecular weight excluding hydrogens is 362 g/mol. The minimum Gasteiger partial charge on any atom is -0.493 e. The number of hydrogen-bond donors (Lipinski definition) is 0. The van der Waals surface area contributed by atoms with Crippen molar-refractivity contribution in [1.82, 2.24) is 4.37 Å². The van der Waals surface area contributed by atoms with E-state index in [1.54, 1.807) is 28.4 Å². The van der Waals surface area contributed by atoms with Gasteiger partial charge in [0.05, 0.1) is 34.1 Å². The first kappa shape index (κ1) is 19.0. The molecule has 0 aliphatic heterocycles. The van der Waals surface area contributed by atoms with E-state index < -0.39 is 0 Å². The molecule has 0 saturated carbocycles. The monoisotopic (exact) mass is 385 g/mol. The molecule has 0 radical (unpaired) electrons. The standard InChI is InChI=1S/C21H23NO4S/c1-6-13-7-9-14(10-8-13)18-16(12-27-22-18)15-11-17(23-2)20(25-4)21(26-5)19(15)24-3/h7-12H,6H2,1-5H3. The zero-order valence-electron chi connectivity index (χ0n) is 16.2. The number of methoxy groups -OCH3 is 4. The van der Waals surface area contributed by atoms with Crippen molar-refractivity contribution in [2.24, 2.45) is 0 Å². The van der Waals surface area contributed by atoms with Crippen molar-refractivity contribution in [1.29, 1.82) is 0 Å². The largest absolute Gasteiger partial charge is 0.493 e. The van der Waals surface area contributed by atoms with Gasteiger partial charge >= 0.3 is 0 Å². The van der Waals surface area contributed by atoms with Crippen LogP contribution < -0.4 is 18.9 Å². The molecule has 0 amide bonds. The molecule has 0 N–H and O–H groups in total. The van der Waals surface area contributed by atoms with Crippen LogP contribution in [-0.2, 0) is 6.42 Å². The van der Waals surface area contributed by atoms with Gasteiger partial charge in [-0.15, -0.1) is 0 Å². The third-order valence-corrected chi connectivity index (χ3v) is 5.11. The van der Waals surface area contributed by atoms with Gasteiger partial charge in [-0.25, -0.2) is 0 Å². The molecule has 1 heterocycles. The summed E-state index contributed by atoms with van der Waals surface area (Å²) in [6.07, 6.45) is 1.00. The van der Waals surface area contributed by atoms with Crippen LogP contribution in [0.2, 0.25) is 0 Å². The Morgan fingerprint density at radius 1 is 0.815 bits per heavy atom. The highest BCUT2D eigenvalue weighted by Crippen LogP contribution is 2.51. The average Bonchev–Trinajstić information content (AvgIpc) is 3.21. The molecule has 0 spiro atoms. The van der Waals surface area contributed by atoms with Crippen molar-refractivity contribution in [2.45, 2.75) is 13.3 Å². The van der Waals surface area contributed by atoms with Crippen LogP contribution in [0.1, 0.15) is 12.5 Å². The van der Waals surface area contributed by atoms with Gasteiger partial charge in [0.25, 0.3) is 0 Å². The summed E-state index contributed by atoms with van der Waals surface area (Å²) in [5.41, 5.74) is 5.05. The number of aromatic nitrogens is 1. The summed E-state index contributed by atoms with van der Waals surface area (Å²) < 4.78 is 26.9. The van der Waals surface area contributed by atoms with E-state index in [1.165, 1.54) is 17.1 Å². The summed E-state index contributed by atoms with van der Waals surface area (Å²) in [5.74, 6) is 2.15. The number of nitrogens with zero attached hydrogens (tertiary/aromatic N) is 1. The quantitative estimate of drug-likeness (QED) is 0.568. The minimum atomic E-state index is 0.493. The van der Waals surface area contributed by atoms with Crippen molar-refractivity contribution in [2.75, 3.05) is 28.4 Å². The van der Waals surface area contributed by atoms with E-state index in [4.69, 9.17) is 18.9 Å². The summed E-state index contributed by atoms with van der Waals surface area (Å²) in [5, 5.41) is 2.01. The van der Waals surface area contributed by atoms with Crippen molar-refractivity contribution < 1.29 is 18.9 Å². The summed E-state index contributed by atoms with van der Waals surface area (Å²) in [7, 11) is 6.37. The molecule has 5 nitrogen and oxygen atoms in total. The fourth-order valence-electron chi connectivity index (χ4n) is 3.07. The fraction of sp³-hybridized carbons (Fsp3) is 0.286. The normalized spacial score (nSPS) is 10.6. The molecule has 142 valence electrons. The molecule has 3 rings (SSSR count). The predicted octanol–water partition coefficient (Wildman–Crippen LogP) is 5.07. The number of aryl methyl sites for hydroxylation is 1. The second kappa shape index (κ2) is 8.31. The van der Waals surface area contributed by atoms with Gasteiger partial charge in [-0.3, -0.25) is 0 Å². The van der Waals surface area contributed by atoms with Crippen LogP contribution in [0.4, 0.5) is 0 Å². The van der Waals surface area contributed by atoms with Crippen molar-refractivity contribution in [3.05, 3.63) is 41.3 Å². The summed E-state index contributed by atoms with van der Waals surface area (Å²) >= 11 is 1.40. The number of hydrogen-bond acceptors (Lipinski definition) is 6. The highest BCUT2D eigenvalue weighted by Gasteiger charge is 2.24. The van der Waals surface area contributed by atoms with E-state index >= 15 is 0 Å². The highest BCUT2D eigenvalue weighted by atomic mass is 32.1. The van der Waals surface area contributed by atoms with E-state index in [-0.39, 0.29) is 0 Å². The lowest BCUT2D eigenvalue weighted by Crippen LogP contribution is -2.00. The molecule has 6 heteroatoms. The molecule has 0 aliphatic rings. The maximum atomic E-state index is 5.68. The van der Waals surface area contributed by atoms with Crippen molar-refractivity contribution in [3.63, 3.8) is 0 Å². The first-order valence-electron chi connectivity index (χ1n) is 8.59. The lowest BCUT2D eigenvalue weighted by atomic mass is 9.99. The van der Waals surface area contributed by atoms with Gasteiger partial charge < -0.3 is 18.9 Å². The summed E-state index contributed by atoms with van der Waals surface area (Å²) in [6.45, 7) is 2.14. The van der Waals surface area contributed by atoms with Crippen LogP contribution in [0.5, 0.6) is 23.0 Å². The second-order valence-corrected chi connectivity index (χ2v) is 6.48. The van der Waals surface area contributed by atoms with E-state index in [2.05, 4.69) is 35.6 Å². The SMILES string of the molecule is CCc1ccc(-c2nscc2-c2cc(OC)c(OC)c(OC)c2OC)cc1. The third kappa shape index (κ3) is 3.45. The van der Waals surface area contributed by atoms with E-state index in [0.29, 0.717) is 23.0 Å². The first-order valence-corrected chi connectivity index (χ1v) is 9.43. The molecule has 0 saturated heterocycles. The lowest BCUT2D eigenvalue weighted by molar-refractivity contribution is 0.306. The first-order chi connectivity index (χ1) is 13.2. The van der Waals surface area contributed by atoms with Crippen LogP contribution in [0, 0.1) is 0 Å². The fourth-order valence-corrected chi connectivity index (χ4v) is 3.77. The number of ether oxygens (including phenoxy) is 4. The third-order valence-electron chi connectivity index (χ3n) is 4.48. The number of benzene rings is 2. The second-order valence-electron chi connectivity index (χ2n) is 5.85. The molecule has 0 fully saturated rings. The Morgan fingerprint density at radius 3 is 2.04 bits per heavy atom. The van der Waals surface area contributed by atoms with Gasteiger partial charge in [-0.2, -0.15) is 4.37 Å². The van der Waals surface area contributed by atoms with Crippen LogP contribution in [0.3, 0.4) is 0 Å². The Morgan fingerprint density at radius 2 is 1.48 bits per heavy atom. The minimum absolute atomic E-state index is 0.493. The molecule has 27 heavy (non-hydrogen) atoms. The molecule has 0 atom stereocenters. The highest BCUT2D eigenvalue weighted by molar-refractivity contribution is 7.04. The molecule has 0 unspecified atom stereocenters. The Bertz CT molecular complexity index is 919. The van der Waals surface area contributed by atoms with E-state index in [9.17, 15) is 0 Å². The van der Waals surface area contributed by atoms with Crippen molar-refractivity contribution in [3.8, 4) is 45.4 Å². The molecule has 1 aromatic heterocycles. The summed E-state index contributed by atoms with van der Waals surface area (Å²) in [4.78, 5) is 0. The Labute approximate surface area is 163 Å². The van der Waals surface area contributed by atoms with Crippen LogP contribution in [-0.4, -0.2) is 32.8 Å². The lowest BCUT2D eigenvalue weighted by Gasteiger charge is -2.18. The molecule has 2 aromatic carbocycles. The van der Waals surface area contributed by atoms with Crippen LogP contribution in [0.25, 0.3) is 22.4 Å². The molecule has 3 aromatic rings. The summed E-state index contributed by atoms with van der Waals surface area (Å²) in [6, 6.07) is 10.4. The van der Waals surface area contributed by atoms with Crippen molar-refractivity contribution >= 4 is 11.5 Å². The van der Waals surface area contributed by atoms with Gasteiger partial charge in [-0.1, -0.05) is 31.2 Å². The zero-order valence-corrected chi connectivity index (χ0v) is 17.0. The van der Waals surface area contributed by atoms with Gasteiger partial charge in [0.15, 0.2) is 11.5 Å². The van der Waals surface area contributed by atoms with Crippen LogP contribution in [0.15, 0.2) is 35.7 Å². The maximum Gasteiger partial charge on any atom is 0.207 e. The zero-order chi connectivity index (χ0) is 19.4. The average molecular weight is 385 g/mol. The number of rotatable bonds is 7. The smallest absolute Gasteiger partial charge is 0.207 e. The Balaban J connectivity index is 2.21. The van der Waals surface area contributed by atoms with Gasteiger partial charge in [0.2, 0.25) is 11.5 Å².